The monoisotopic (exact) mass is 608 g/mol. The molecule has 0 bridgehead atoms. The highest BCUT2D eigenvalue weighted by Crippen LogP contribution is 2.44. The molecule has 2 aromatic carbocycles. The van der Waals surface area contributed by atoms with E-state index in [1.807, 2.05) is 50.2 Å². The van der Waals surface area contributed by atoms with E-state index in [0.717, 1.165) is 27.2 Å². The molecule has 0 aliphatic heterocycles. The molecule has 3 atom stereocenters. The molecule has 4 amide bonds. The maximum absolute atomic E-state index is 13.8. The molecule has 2 N–H and O–H groups in total. The van der Waals surface area contributed by atoms with Crippen molar-refractivity contribution in [1.82, 2.24) is 20.0 Å². The zero-order valence-electron chi connectivity index (χ0n) is 26.6. The third kappa shape index (κ3) is 7.75. The average molecular weight is 609 g/mol. The Bertz CT molecular complexity index is 1330. The molecule has 1 aliphatic rings. The fraction of sp³-hybridized carbons (Fsp3) is 0.485. The number of carboxylic acid groups (broad SMARTS) is 1. The molecule has 2 aromatic rings. The van der Waals surface area contributed by atoms with Gasteiger partial charge in [-0.1, -0.05) is 82.6 Å². The van der Waals surface area contributed by atoms with Gasteiger partial charge < -0.3 is 29.9 Å². The summed E-state index contributed by atoms with van der Waals surface area (Å²) in [7, 11) is 4.28. The van der Waals surface area contributed by atoms with Gasteiger partial charge >= 0.3 is 12.1 Å². The summed E-state index contributed by atoms with van der Waals surface area (Å²) in [5.41, 5.74) is 4.36. The van der Waals surface area contributed by atoms with Crippen LogP contribution in [0.3, 0.4) is 0 Å². The predicted molar refractivity (Wildman–Crippen MR) is 166 cm³/mol. The SMILES string of the molecule is CC[C@H](C)[C@H](NC(=O)OCC1c2ccccc2-c2ccccc21)C(=O)N(C)[C@H](C(=O)N(C)CC(=O)N(C)CC(=O)O)C(C)C. The van der Waals surface area contributed by atoms with Gasteiger partial charge in [0.15, 0.2) is 0 Å². The molecule has 0 radical (unpaired) electrons. The Morgan fingerprint density at radius 1 is 0.841 bits per heavy atom. The molecule has 0 unspecified atom stereocenters. The molecule has 44 heavy (non-hydrogen) atoms. The van der Waals surface area contributed by atoms with Crippen molar-refractivity contribution in [3.63, 3.8) is 0 Å². The van der Waals surface area contributed by atoms with Crippen molar-refractivity contribution in [1.29, 1.82) is 0 Å². The van der Waals surface area contributed by atoms with Crippen LogP contribution >= 0.6 is 0 Å². The molecular formula is C33H44N4O7. The number of carboxylic acids is 1. The number of aliphatic carboxylic acids is 1. The van der Waals surface area contributed by atoms with Gasteiger partial charge in [0.1, 0.15) is 25.2 Å². The highest BCUT2D eigenvalue weighted by molar-refractivity contribution is 5.93. The number of ether oxygens (including phenoxy) is 1. The van der Waals surface area contributed by atoms with Gasteiger partial charge in [-0.2, -0.15) is 0 Å². The Balaban J connectivity index is 1.71. The number of hydrogen-bond acceptors (Lipinski definition) is 6. The molecule has 0 fully saturated rings. The van der Waals surface area contributed by atoms with Crippen LogP contribution in [0.1, 0.15) is 51.2 Å². The minimum atomic E-state index is -1.17. The number of likely N-dealkylation sites (N-methyl/N-ethyl adjacent to an activating group) is 3. The second-order valence-corrected chi connectivity index (χ2v) is 11.8. The molecular weight excluding hydrogens is 564 g/mol. The van der Waals surface area contributed by atoms with E-state index in [4.69, 9.17) is 9.84 Å². The minimum Gasteiger partial charge on any atom is -0.480 e. The number of fused-ring (bicyclic) bond motifs is 3. The summed E-state index contributed by atoms with van der Waals surface area (Å²) in [6.45, 7) is 6.58. The molecule has 0 heterocycles. The Labute approximate surface area is 259 Å². The highest BCUT2D eigenvalue weighted by Gasteiger charge is 2.38. The first-order valence-electron chi connectivity index (χ1n) is 14.9. The summed E-state index contributed by atoms with van der Waals surface area (Å²) in [5, 5.41) is 11.7. The first-order valence-corrected chi connectivity index (χ1v) is 14.9. The number of carbonyl (C=O) groups excluding carboxylic acids is 4. The standard InChI is InChI=1S/C33H44N4O7/c1-8-21(4)29(31(41)37(7)30(20(2)3)32(42)36(6)17-27(38)35(5)18-28(39)40)34-33(43)44-19-26-24-15-11-9-13-22(24)23-14-10-12-16-25(23)26/h9-16,20-21,26,29-30H,8,17-19H2,1-7H3,(H,34,43)(H,39,40)/t21-,29-,30-/m0/s1. The Kier molecular flexibility index (Phi) is 11.5. The lowest BCUT2D eigenvalue weighted by molar-refractivity contribution is -0.150. The van der Waals surface area contributed by atoms with Crippen LogP contribution in [0.15, 0.2) is 48.5 Å². The summed E-state index contributed by atoms with van der Waals surface area (Å²) in [6, 6.07) is 14.1. The largest absolute Gasteiger partial charge is 0.480 e. The maximum atomic E-state index is 13.8. The average Bonchev–Trinajstić information content (AvgIpc) is 3.30. The van der Waals surface area contributed by atoms with Crippen molar-refractivity contribution in [2.24, 2.45) is 11.8 Å². The van der Waals surface area contributed by atoms with Crippen LogP contribution in [0.4, 0.5) is 4.79 Å². The Morgan fingerprint density at radius 2 is 1.39 bits per heavy atom. The van der Waals surface area contributed by atoms with Crippen molar-refractivity contribution < 1.29 is 33.8 Å². The van der Waals surface area contributed by atoms with Crippen LogP contribution < -0.4 is 5.32 Å². The lowest BCUT2D eigenvalue weighted by Gasteiger charge is -2.36. The summed E-state index contributed by atoms with van der Waals surface area (Å²) < 4.78 is 5.70. The van der Waals surface area contributed by atoms with E-state index in [2.05, 4.69) is 17.4 Å². The van der Waals surface area contributed by atoms with E-state index in [9.17, 15) is 24.0 Å². The van der Waals surface area contributed by atoms with Crippen molar-refractivity contribution >= 4 is 29.8 Å². The number of nitrogens with one attached hydrogen (secondary N) is 1. The molecule has 0 saturated heterocycles. The summed E-state index contributed by atoms with van der Waals surface area (Å²) in [5.74, 6) is -3.37. The van der Waals surface area contributed by atoms with Crippen LogP contribution in [-0.2, 0) is 23.9 Å². The first kappa shape index (κ1) is 34.1. The molecule has 11 nitrogen and oxygen atoms in total. The summed E-state index contributed by atoms with van der Waals surface area (Å²) >= 11 is 0. The van der Waals surface area contributed by atoms with Gasteiger partial charge in [-0.15, -0.1) is 0 Å². The second-order valence-electron chi connectivity index (χ2n) is 11.8. The van der Waals surface area contributed by atoms with Crippen LogP contribution in [0.25, 0.3) is 11.1 Å². The van der Waals surface area contributed by atoms with Gasteiger partial charge in [-0.05, 0) is 34.1 Å². The zero-order valence-corrected chi connectivity index (χ0v) is 26.6. The van der Waals surface area contributed by atoms with Crippen LogP contribution in [0.5, 0.6) is 0 Å². The van der Waals surface area contributed by atoms with Crippen LogP contribution in [0, 0.1) is 11.8 Å². The molecule has 0 aromatic heterocycles. The molecule has 238 valence electrons. The Morgan fingerprint density at radius 3 is 1.89 bits per heavy atom. The smallest absolute Gasteiger partial charge is 0.407 e. The second kappa shape index (κ2) is 14.9. The number of hydrogen-bond donors (Lipinski definition) is 2. The fourth-order valence-electron chi connectivity index (χ4n) is 5.62. The van der Waals surface area contributed by atoms with Crippen molar-refractivity contribution in [3.8, 4) is 11.1 Å². The number of nitrogens with zero attached hydrogens (tertiary/aromatic N) is 3. The van der Waals surface area contributed by atoms with E-state index >= 15 is 0 Å². The third-order valence-electron chi connectivity index (χ3n) is 8.29. The number of alkyl carbamates (subject to hydrolysis) is 1. The van der Waals surface area contributed by atoms with Gasteiger partial charge in [0.2, 0.25) is 17.7 Å². The quantitative estimate of drug-likeness (QED) is 0.356. The molecule has 1 aliphatic carbocycles. The molecule has 0 saturated carbocycles. The zero-order chi connectivity index (χ0) is 32.7. The van der Waals surface area contributed by atoms with E-state index < -0.39 is 48.4 Å². The van der Waals surface area contributed by atoms with E-state index in [0.29, 0.717) is 6.42 Å². The van der Waals surface area contributed by atoms with E-state index in [1.54, 1.807) is 13.8 Å². The Hall–Kier alpha value is -4.41. The van der Waals surface area contributed by atoms with Gasteiger partial charge in [0.05, 0.1) is 6.54 Å². The fourth-order valence-corrected chi connectivity index (χ4v) is 5.62. The lowest BCUT2D eigenvalue weighted by atomic mass is 9.95. The van der Waals surface area contributed by atoms with Crippen molar-refractivity contribution in [2.75, 3.05) is 40.8 Å². The van der Waals surface area contributed by atoms with E-state index in [-0.39, 0.29) is 30.9 Å². The molecule has 3 rings (SSSR count). The number of benzene rings is 2. The normalized spacial score (nSPS) is 14.1. The number of rotatable bonds is 13. The minimum absolute atomic E-state index is 0.0966. The summed E-state index contributed by atoms with van der Waals surface area (Å²) in [6.07, 6.45) is -0.145. The third-order valence-corrected chi connectivity index (χ3v) is 8.29. The lowest BCUT2D eigenvalue weighted by Crippen LogP contribution is -2.58. The number of carbonyl (C=O) groups is 5. The van der Waals surface area contributed by atoms with E-state index in [1.165, 1.54) is 30.9 Å². The van der Waals surface area contributed by atoms with Gasteiger partial charge in [0.25, 0.3) is 0 Å². The van der Waals surface area contributed by atoms with Crippen molar-refractivity contribution in [2.45, 2.75) is 52.1 Å². The first-order chi connectivity index (χ1) is 20.8. The molecule has 0 spiro atoms. The topological polar surface area (TPSA) is 137 Å². The van der Waals surface area contributed by atoms with Crippen molar-refractivity contribution in [3.05, 3.63) is 59.7 Å². The van der Waals surface area contributed by atoms with Crippen LogP contribution in [0.2, 0.25) is 0 Å². The van der Waals surface area contributed by atoms with Gasteiger partial charge in [0, 0.05) is 27.1 Å². The van der Waals surface area contributed by atoms with Gasteiger partial charge in [-0.3, -0.25) is 19.2 Å². The highest BCUT2D eigenvalue weighted by atomic mass is 16.5. The van der Waals surface area contributed by atoms with Crippen LogP contribution in [-0.4, -0.2) is 103 Å². The summed E-state index contributed by atoms with van der Waals surface area (Å²) in [4.78, 5) is 67.4. The molecule has 11 heteroatoms. The number of amides is 4. The predicted octanol–water partition coefficient (Wildman–Crippen LogP) is 3.42. The maximum Gasteiger partial charge on any atom is 0.407 e. The van der Waals surface area contributed by atoms with Gasteiger partial charge in [-0.25, -0.2) is 4.79 Å².